The number of amides is 2. The van der Waals surface area contributed by atoms with E-state index in [1.165, 1.54) is 12.5 Å². The number of nitrogens with zero attached hydrogens (tertiary/aromatic N) is 3. The first-order chi connectivity index (χ1) is 12.6. The van der Waals surface area contributed by atoms with Gasteiger partial charge in [0.2, 0.25) is 0 Å². The minimum atomic E-state index is -5.15. The number of nitrogens with one attached hydrogen (secondary N) is 1. The van der Waals surface area contributed by atoms with Crippen LogP contribution in [0.5, 0.6) is 0 Å². The largest absolute Gasteiger partial charge is 1.00 e. The number of carbonyl (C=O) groups is 3. The predicted molar refractivity (Wildman–Crippen MR) is 89.0 cm³/mol. The van der Waals surface area contributed by atoms with Crippen LogP contribution in [-0.4, -0.2) is 71.6 Å². The first-order valence-electron chi connectivity index (χ1n) is 7.12. The third-order valence-electron chi connectivity index (χ3n) is 3.32. The molecule has 0 radical (unpaired) electrons. The molecule has 16 heteroatoms. The van der Waals surface area contributed by atoms with E-state index >= 15 is 0 Å². The van der Waals surface area contributed by atoms with Gasteiger partial charge in [0.1, 0.15) is 31.5 Å². The molecule has 1 aromatic heterocycles. The Kier molecular flexibility index (Phi) is 8.33. The van der Waals surface area contributed by atoms with E-state index in [-0.39, 0.29) is 50.4 Å². The molecule has 2 atom stereocenters. The maximum absolute atomic E-state index is 12.4. The van der Waals surface area contributed by atoms with Crippen molar-refractivity contribution >= 4 is 50.3 Å². The second-order valence-corrected chi connectivity index (χ2v) is 7.24. The summed E-state index contributed by atoms with van der Waals surface area (Å²) in [5, 5.41) is 7.30. The van der Waals surface area contributed by atoms with Crippen LogP contribution in [0.25, 0.3) is 0 Å². The molecule has 0 spiro atoms. The number of hydrogen-bond donors (Lipinski definition) is 2. The summed E-state index contributed by atoms with van der Waals surface area (Å²) in [6.45, 7) is 0.452. The Morgan fingerprint density at radius 3 is 2.61 bits per heavy atom. The van der Waals surface area contributed by atoms with Crippen LogP contribution in [0.4, 0.5) is 5.13 Å². The first-order valence-corrected chi connectivity index (χ1v) is 9.36. The molecule has 2 heterocycles. The minimum Gasteiger partial charge on any atom is -0.731 e. The predicted octanol–water partition coefficient (Wildman–Crippen LogP) is -5.20. The van der Waals surface area contributed by atoms with Crippen LogP contribution in [0.15, 0.2) is 10.5 Å². The molecule has 0 aromatic carbocycles. The Morgan fingerprint density at radius 1 is 1.50 bits per heavy atom. The van der Waals surface area contributed by atoms with Crippen LogP contribution < -0.4 is 40.6 Å². The molecule has 1 aliphatic heterocycles. The maximum atomic E-state index is 12.4. The van der Waals surface area contributed by atoms with Crippen molar-refractivity contribution in [2.24, 2.45) is 5.16 Å². The van der Waals surface area contributed by atoms with E-state index in [9.17, 15) is 27.4 Å². The molecule has 148 valence electrons. The van der Waals surface area contributed by atoms with E-state index < -0.39 is 46.8 Å². The number of β-lactam (4-membered cyclic amide) rings is 1. The van der Waals surface area contributed by atoms with E-state index in [4.69, 9.17) is 5.73 Å². The van der Waals surface area contributed by atoms with Crippen molar-refractivity contribution in [3.05, 3.63) is 11.1 Å². The quantitative estimate of drug-likeness (QED) is 0.103. The molecule has 1 aliphatic rings. The van der Waals surface area contributed by atoms with Crippen LogP contribution in [0.3, 0.4) is 0 Å². The van der Waals surface area contributed by atoms with Gasteiger partial charge in [-0.15, -0.1) is 11.3 Å². The maximum Gasteiger partial charge on any atom is 1.00 e. The number of hydrogen-bond acceptors (Lipinski definition) is 12. The van der Waals surface area contributed by atoms with Crippen LogP contribution >= 0.6 is 11.3 Å². The molecule has 0 unspecified atom stereocenters. The summed E-state index contributed by atoms with van der Waals surface area (Å²) in [7, 11) is -3.98. The van der Waals surface area contributed by atoms with Crippen LogP contribution in [0.1, 0.15) is 12.6 Å². The first kappa shape index (κ1) is 24.3. The number of nitrogen functional groups attached to an aromatic ring is 1. The number of esters is 1. The summed E-state index contributed by atoms with van der Waals surface area (Å²) >= 11 is 1.03. The van der Waals surface area contributed by atoms with Gasteiger partial charge in [0.05, 0.1) is 0 Å². The van der Waals surface area contributed by atoms with Crippen LogP contribution in [0.2, 0.25) is 0 Å². The number of nitrogens with two attached hydrogens (primary N) is 1. The molecule has 28 heavy (non-hydrogen) atoms. The van der Waals surface area contributed by atoms with Crippen molar-refractivity contribution in [2.75, 3.05) is 19.5 Å². The molecular formula is C12H14N5NaO8S2. The van der Waals surface area contributed by atoms with Crippen LogP contribution in [-0.2, 0) is 34.3 Å². The van der Waals surface area contributed by atoms with E-state index in [2.05, 4.69) is 25.0 Å². The molecule has 0 saturated carbocycles. The Labute approximate surface area is 185 Å². The zero-order valence-electron chi connectivity index (χ0n) is 14.9. The van der Waals surface area contributed by atoms with Crippen molar-refractivity contribution in [3.8, 4) is 0 Å². The number of rotatable bonds is 7. The molecular weight excluding hydrogens is 429 g/mol. The number of anilines is 1. The number of thiazole rings is 1. The normalized spacial score (nSPS) is 19.3. The van der Waals surface area contributed by atoms with Gasteiger partial charge in [-0.05, 0) is 0 Å². The number of aromatic nitrogens is 1. The number of carbonyl (C=O) groups excluding carboxylic acids is 3. The molecule has 1 saturated heterocycles. The summed E-state index contributed by atoms with van der Waals surface area (Å²) in [5.74, 6) is -2.87. The molecule has 2 amide bonds. The summed E-state index contributed by atoms with van der Waals surface area (Å²) in [6.07, 6.45) is 0. The molecule has 3 N–H and O–H groups in total. The molecule has 1 aromatic rings. The fourth-order valence-electron chi connectivity index (χ4n) is 2.22. The van der Waals surface area contributed by atoms with Gasteiger partial charge in [-0.3, -0.25) is 14.4 Å². The van der Waals surface area contributed by atoms with E-state index in [1.807, 2.05) is 0 Å². The van der Waals surface area contributed by atoms with Gasteiger partial charge in [-0.1, -0.05) is 5.16 Å². The van der Waals surface area contributed by atoms with E-state index in [1.54, 1.807) is 0 Å². The van der Waals surface area contributed by atoms with Gasteiger partial charge in [-0.2, -0.15) is 0 Å². The van der Waals surface area contributed by atoms with Gasteiger partial charge in [-0.25, -0.2) is 17.7 Å². The fourth-order valence-corrected chi connectivity index (χ4v) is 3.62. The Bertz CT molecular complexity index is 902. The summed E-state index contributed by atoms with van der Waals surface area (Å²) in [4.78, 5) is 43.8. The average molecular weight is 443 g/mol. The molecule has 0 aliphatic carbocycles. The van der Waals surface area contributed by atoms with Crippen molar-refractivity contribution < 1.29 is 66.5 Å². The molecule has 2 rings (SSSR count). The fraction of sp³-hybridized carbons (Fsp3) is 0.417. The number of oxime groups is 1. The third kappa shape index (κ3) is 5.39. The zero-order valence-corrected chi connectivity index (χ0v) is 18.6. The number of ether oxygens (including phenoxy) is 1. The average Bonchev–Trinajstić information content (AvgIpc) is 2.98. The van der Waals surface area contributed by atoms with Crippen molar-refractivity contribution in [1.82, 2.24) is 14.6 Å². The van der Waals surface area contributed by atoms with Gasteiger partial charge in [0.15, 0.2) is 21.1 Å². The van der Waals surface area contributed by atoms with Gasteiger partial charge in [0.25, 0.3) is 11.8 Å². The van der Waals surface area contributed by atoms with Crippen molar-refractivity contribution in [2.45, 2.75) is 19.0 Å². The Balaban J connectivity index is 0.00000392. The third-order valence-corrected chi connectivity index (χ3v) is 4.92. The molecule has 0 bridgehead atoms. The van der Waals surface area contributed by atoms with Crippen molar-refractivity contribution in [3.63, 3.8) is 0 Å². The topological polar surface area (TPSA) is 193 Å². The summed E-state index contributed by atoms with van der Waals surface area (Å²) in [6, 6.07) is -2.82. The van der Waals surface area contributed by atoms with Crippen molar-refractivity contribution in [1.29, 1.82) is 0 Å². The monoisotopic (exact) mass is 443 g/mol. The summed E-state index contributed by atoms with van der Waals surface area (Å²) < 4.78 is 38.3. The van der Waals surface area contributed by atoms with Gasteiger partial charge >= 0.3 is 35.5 Å². The SMILES string of the molecule is CON=C(C(=O)N[C@@H]1C(=O)N(S(=O)(=O)[O-])[C@@H]1COC(C)=O)c1csc(N)n1.[Na+]. The zero-order chi connectivity index (χ0) is 20.4. The summed E-state index contributed by atoms with van der Waals surface area (Å²) in [5.41, 5.74) is 5.24. The van der Waals surface area contributed by atoms with Crippen LogP contribution in [0, 0.1) is 0 Å². The second kappa shape index (κ2) is 9.62. The van der Waals surface area contributed by atoms with Gasteiger partial charge in [0, 0.05) is 12.3 Å². The Hall–Kier alpha value is -1.78. The van der Waals surface area contributed by atoms with E-state index in [0.717, 1.165) is 18.3 Å². The van der Waals surface area contributed by atoms with E-state index in [0.29, 0.717) is 0 Å². The van der Waals surface area contributed by atoms with Gasteiger partial charge < -0.3 is 25.2 Å². The second-order valence-electron chi connectivity index (χ2n) is 5.11. The Morgan fingerprint density at radius 2 is 2.14 bits per heavy atom. The smallest absolute Gasteiger partial charge is 0.731 e. The minimum absolute atomic E-state index is 0. The molecule has 1 fully saturated rings. The molecule has 13 nitrogen and oxygen atoms in total. The standard InChI is InChI=1S/C12H15N5O8S2.Na/c1-5(18)25-3-7-9(11(20)17(7)27(21,22)23)15-10(19)8(16-24-2)6-4-26-12(13)14-6;/h4,7,9H,3H2,1-2H3,(H2,13,14)(H,15,19)(H,21,22,23);/q;+1/p-1/t7-,9+;/m1./s1.